The van der Waals surface area contributed by atoms with Gasteiger partial charge in [0.1, 0.15) is 5.82 Å². The van der Waals surface area contributed by atoms with Gasteiger partial charge in [0.2, 0.25) is 17.8 Å². The van der Waals surface area contributed by atoms with Gasteiger partial charge in [0.25, 0.3) is 0 Å². The van der Waals surface area contributed by atoms with Crippen LogP contribution in [0.25, 0.3) is 0 Å². The van der Waals surface area contributed by atoms with Gasteiger partial charge in [0.15, 0.2) is 0 Å². The van der Waals surface area contributed by atoms with Crippen LogP contribution in [0.15, 0.2) is 36.8 Å². The molecule has 2 amide bonds. The number of anilines is 3. The Bertz CT molecular complexity index is 810. The minimum absolute atomic E-state index is 0.000112. The SMILES string of the molecule is O=C1CCC(C(=O)Nc2cnc(N3CCN(c4ccccn4)CC3)nc2)CN1. The summed E-state index contributed by atoms with van der Waals surface area (Å²) >= 11 is 0. The van der Waals surface area contributed by atoms with Crippen LogP contribution in [0, 0.1) is 5.92 Å². The third-order valence-corrected chi connectivity index (χ3v) is 5.08. The summed E-state index contributed by atoms with van der Waals surface area (Å²) in [6, 6.07) is 5.92. The summed E-state index contributed by atoms with van der Waals surface area (Å²) < 4.78 is 0. The van der Waals surface area contributed by atoms with Gasteiger partial charge in [-0.3, -0.25) is 9.59 Å². The van der Waals surface area contributed by atoms with E-state index in [1.807, 2.05) is 18.2 Å². The number of amides is 2. The zero-order valence-electron chi connectivity index (χ0n) is 15.5. The molecule has 2 aromatic heterocycles. The standard InChI is InChI=1S/C19H23N7O2/c27-17-5-4-14(11-21-17)18(28)24-15-12-22-19(23-13-15)26-9-7-25(8-10-26)16-3-1-2-6-20-16/h1-3,6,12-14H,4-5,7-11H2,(H,21,27)(H,24,28). The lowest BCUT2D eigenvalue weighted by molar-refractivity contribution is -0.126. The third-order valence-electron chi connectivity index (χ3n) is 5.08. The first-order valence-corrected chi connectivity index (χ1v) is 9.49. The highest BCUT2D eigenvalue weighted by molar-refractivity contribution is 5.93. The molecular weight excluding hydrogens is 358 g/mol. The van der Waals surface area contributed by atoms with Crippen molar-refractivity contribution in [2.45, 2.75) is 12.8 Å². The van der Waals surface area contributed by atoms with E-state index in [9.17, 15) is 9.59 Å². The maximum Gasteiger partial charge on any atom is 0.229 e. The smallest absolute Gasteiger partial charge is 0.229 e. The molecule has 0 aliphatic carbocycles. The molecule has 2 saturated heterocycles. The van der Waals surface area contributed by atoms with Gasteiger partial charge in [-0.05, 0) is 18.6 Å². The van der Waals surface area contributed by atoms with E-state index >= 15 is 0 Å². The lowest BCUT2D eigenvalue weighted by Gasteiger charge is -2.35. The molecule has 1 unspecified atom stereocenters. The Balaban J connectivity index is 1.30. The van der Waals surface area contributed by atoms with Gasteiger partial charge in [0, 0.05) is 45.3 Å². The van der Waals surface area contributed by atoms with Crippen LogP contribution >= 0.6 is 0 Å². The van der Waals surface area contributed by atoms with Crippen molar-refractivity contribution in [3.05, 3.63) is 36.8 Å². The summed E-state index contributed by atoms with van der Waals surface area (Å²) in [7, 11) is 0. The molecule has 1 atom stereocenters. The fourth-order valence-corrected chi connectivity index (χ4v) is 3.43. The zero-order chi connectivity index (χ0) is 19.3. The largest absolute Gasteiger partial charge is 0.355 e. The van der Waals surface area contributed by atoms with E-state index < -0.39 is 0 Å². The summed E-state index contributed by atoms with van der Waals surface area (Å²) in [6.07, 6.45) is 6.02. The van der Waals surface area contributed by atoms with Gasteiger partial charge in [0.05, 0.1) is 24.0 Å². The van der Waals surface area contributed by atoms with Crippen LogP contribution in [0.1, 0.15) is 12.8 Å². The van der Waals surface area contributed by atoms with Crippen LogP contribution in [0.4, 0.5) is 17.5 Å². The number of hydrogen-bond donors (Lipinski definition) is 2. The van der Waals surface area contributed by atoms with Crippen LogP contribution in [-0.4, -0.2) is 59.5 Å². The first-order valence-electron chi connectivity index (χ1n) is 9.49. The van der Waals surface area contributed by atoms with Gasteiger partial charge in [-0.1, -0.05) is 6.07 Å². The lowest BCUT2D eigenvalue weighted by Crippen LogP contribution is -2.47. The van der Waals surface area contributed by atoms with E-state index in [1.54, 1.807) is 18.6 Å². The molecule has 28 heavy (non-hydrogen) atoms. The zero-order valence-corrected chi connectivity index (χ0v) is 15.5. The van der Waals surface area contributed by atoms with Crippen molar-refractivity contribution in [1.29, 1.82) is 0 Å². The molecular formula is C19H23N7O2. The Labute approximate surface area is 163 Å². The van der Waals surface area contributed by atoms with E-state index in [0.29, 0.717) is 31.0 Å². The van der Waals surface area contributed by atoms with Gasteiger partial charge in [-0.2, -0.15) is 0 Å². The van der Waals surface area contributed by atoms with Crippen LogP contribution in [0.3, 0.4) is 0 Å². The maximum absolute atomic E-state index is 12.3. The number of rotatable bonds is 4. The van der Waals surface area contributed by atoms with Gasteiger partial charge in [-0.25, -0.2) is 15.0 Å². The molecule has 2 aromatic rings. The number of hydrogen-bond acceptors (Lipinski definition) is 7. The molecule has 0 spiro atoms. The van der Waals surface area contributed by atoms with Crippen molar-refractivity contribution < 1.29 is 9.59 Å². The van der Waals surface area contributed by atoms with Crippen LogP contribution in [0.5, 0.6) is 0 Å². The molecule has 9 heteroatoms. The number of carbonyl (C=O) groups excluding carboxylic acids is 2. The predicted octanol–water partition coefficient (Wildman–Crippen LogP) is 0.663. The summed E-state index contributed by atoms with van der Waals surface area (Å²) in [5.41, 5.74) is 0.567. The number of pyridine rings is 1. The topological polar surface area (TPSA) is 103 Å². The van der Waals surface area contributed by atoms with Crippen molar-refractivity contribution in [2.24, 2.45) is 5.92 Å². The normalized spacial score (nSPS) is 19.9. The second-order valence-electron chi connectivity index (χ2n) is 6.96. The molecule has 2 fully saturated rings. The molecule has 146 valence electrons. The summed E-state index contributed by atoms with van der Waals surface area (Å²) in [4.78, 5) is 41.1. The quantitative estimate of drug-likeness (QED) is 0.802. The molecule has 2 aliphatic heterocycles. The Hall–Kier alpha value is -3.23. The second kappa shape index (κ2) is 8.20. The lowest BCUT2D eigenvalue weighted by atomic mass is 9.98. The molecule has 2 aliphatic rings. The molecule has 4 rings (SSSR count). The molecule has 2 N–H and O–H groups in total. The van der Waals surface area contributed by atoms with Crippen molar-refractivity contribution in [3.63, 3.8) is 0 Å². The van der Waals surface area contributed by atoms with E-state index in [2.05, 4.69) is 35.4 Å². The van der Waals surface area contributed by atoms with E-state index in [4.69, 9.17) is 0 Å². The highest BCUT2D eigenvalue weighted by Crippen LogP contribution is 2.18. The Morgan fingerprint density at radius 3 is 2.46 bits per heavy atom. The van der Waals surface area contributed by atoms with Crippen molar-refractivity contribution >= 4 is 29.3 Å². The number of carbonyl (C=O) groups is 2. The van der Waals surface area contributed by atoms with Crippen LogP contribution in [-0.2, 0) is 9.59 Å². The van der Waals surface area contributed by atoms with Crippen LogP contribution in [0.2, 0.25) is 0 Å². The first kappa shape index (κ1) is 18.1. The maximum atomic E-state index is 12.3. The minimum Gasteiger partial charge on any atom is -0.355 e. The Morgan fingerprint density at radius 1 is 1.07 bits per heavy atom. The molecule has 0 radical (unpaired) electrons. The Kier molecular flexibility index (Phi) is 5.31. The fourth-order valence-electron chi connectivity index (χ4n) is 3.43. The van der Waals surface area contributed by atoms with Gasteiger partial charge >= 0.3 is 0 Å². The number of nitrogens with zero attached hydrogens (tertiary/aromatic N) is 5. The van der Waals surface area contributed by atoms with E-state index in [0.717, 1.165) is 32.0 Å². The van der Waals surface area contributed by atoms with Crippen LogP contribution < -0.4 is 20.4 Å². The fraction of sp³-hybridized carbons (Fsp3) is 0.421. The summed E-state index contributed by atoms with van der Waals surface area (Å²) in [6.45, 7) is 3.71. The molecule has 0 aromatic carbocycles. The summed E-state index contributed by atoms with van der Waals surface area (Å²) in [5.74, 6) is 1.32. The molecule has 0 bridgehead atoms. The Morgan fingerprint density at radius 2 is 1.82 bits per heavy atom. The number of piperidine rings is 1. The van der Waals surface area contributed by atoms with Crippen molar-refractivity contribution in [3.8, 4) is 0 Å². The van der Waals surface area contributed by atoms with E-state index in [-0.39, 0.29) is 17.7 Å². The highest BCUT2D eigenvalue weighted by Gasteiger charge is 2.25. The molecule has 4 heterocycles. The molecule has 9 nitrogen and oxygen atoms in total. The van der Waals surface area contributed by atoms with Gasteiger partial charge in [-0.15, -0.1) is 0 Å². The second-order valence-corrected chi connectivity index (χ2v) is 6.96. The third kappa shape index (κ3) is 4.19. The molecule has 0 saturated carbocycles. The average molecular weight is 381 g/mol. The minimum atomic E-state index is -0.211. The van der Waals surface area contributed by atoms with Crippen molar-refractivity contribution in [2.75, 3.05) is 47.8 Å². The monoisotopic (exact) mass is 381 g/mol. The predicted molar refractivity (Wildman–Crippen MR) is 105 cm³/mol. The van der Waals surface area contributed by atoms with E-state index in [1.165, 1.54) is 0 Å². The summed E-state index contributed by atoms with van der Waals surface area (Å²) in [5, 5.41) is 5.56. The highest BCUT2D eigenvalue weighted by atomic mass is 16.2. The number of nitrogens with one attached hydrogen (secondary N) is 2. The number of piperazine rings is 1. The van der Waals surface area contributed by atoms with Gasteiger partial charge < -0.3 is 20.4 Å². The number of aromatic nitrogens is 3. The van der Waals surface area contributed by atoms with Crippen molar-refractivity contribution in [1.82, 2.24) is 20.3 Å². The average Bonchev–Trinajstić information content (AvgIpc) is 2.75. The first-order chi connectivity index (χ1) is 13.7.